The fourth-order valence-electron chi connectivity index (χ4n) is 4.12. The van der Waals surface area contributed by atoms with Gasteiger partial charge in [0.25, 0.3) is 5.89 Å². The number of aryl methyl sites for hydroxylation is 1. The Morgan fingerprint density at radius 3 is 2.31 bits per heavy atom. The van der Waals surface area contributed by atoms with Crippen LogP contribution in [0.15, 0.2) is 83.0 Å². The van der Waals surface area contributed by atoms with E-state index in [0.717, 1.165) is 39.4 Å². The Bertz CT molecular complexity index is 1400. The number of methoxy groups -OCH3 is 1. The summed E-state index contributed by atoms with van der Waals surface area (Å²) in [6, 6.07) is 21.6. The van der Waals surface area contributed by atoms with Crippen LogP contribution in [0.3, 0.4) is 0 Å². The molecule has 0 radical (unpaired) electrons. The molecule has 5 rings (SSSR count). The van der Waals surface area contributed by atoms with E-state index in [2.05, 4.69) is 34.7 Å². The minimum atomic E-state index is -0.315. The summed E-state index contributed by atoms with van der Waals surface area (Å²) < 4.78 is 24.6. The highest BCUT2D eigenvalue weighted by atomic mass is 32.1. The van der Waals surface area contributed by atoms with Crippen LogP contribution in [0.5, 0.6) is 5.75 Å². The first-order valence-electron chi connectivity index (χ1n) is 11.1. The number of benzene rings is 3. The SMILES string of the molecule is COc1ccc(-c2noc(C3=C(C)N(c4ccc(F)cc4)C(=S)NC3c3ccc(C)cc3)n2)cc1. The topological polar surface area (TPSA) is 63.4 Å². The van der Waals surface area contributed by atoms with Gasteiger partial charge in [0.05, 0.1) is 18.7 Å². The maximum Gasteiger partial charge on any atom is 0.258 e. The molecule has 3 aromatic carbocycles. The summed E-state index contributed by atoms with van der Waals surface area (Å²) in [6.45, 7) is 3.99. The van der Waals surface area contributed by atoms with Gasteiger partial charge in [-0.15, -0.1) is 0 Å². The zero-order valence-corrected chi connectivity index (χ0v) is 20.3. The Hall–Kier alpha value is -4.04. The molecular formula is C27H23FN4O2S. The maximum absolute atomic E-state index is 13.6. The van der Waals surface area contributed by atoms with Gasteiger partial charge in [-0.05, 0) is 80.2 Å². The first-order chi connectivity index (χ1) is 16.9. The molecule has 1 aliphatic rings. The molecular weight excluding hydrogens is 463 g/mol. The number of rotatable bonds is 5. The van der Waals surface area contributed by atoms with E-state index in [1.165, 1.54) is 12.1 Å². The molecule has 0 bridgehead atoms. The molecule has 8 heteroatoms. The third kappa shape index (κ3) is 4.40. The number of hydrogen-bond donors (Lipinski definition) is 1. The van der Waals surface area contributed by atoms with E-state index in [4.69, 9.17) is 26.5 Å². The Labute approximate surface area is 208 Å². The quantitative estimate of drug-likeness (QED) is 0.344. The molecule has 0 amide bonds. The fourth-order valence-corrected chi connectivity index (χ4v) is 4.48. The molecule has 1 N–H and O–H groups in total. The standard InChI is InChI=1S/C27H23FN4O2S/c1-16-4-6-18(7-5-16)24-23(17(2)32(27(35)29-24)21-12-10-20(28)11-13-21)26-30-25(31-34-26)19-8-14-22(33-3)15-9-19/h4-15,24H,1-3H3,(H,29,35). The van der Waals surface area contributed by atoms with Crippen molar-refractivity contribution in [2.24, 2.45) is 0 Å². The predicted molar refractivity (Wildman–Crippen MR) is 137 cm³/mol. The van der Waals surface area contributed by atoms with Crippen molar-refractivity contribution in [3.63, 3.8) is 0 Å². The minimum absolute atomic E-state index is 0.302. The van der Waals surface area contributed by atoms with Crippen LogP contribution in [0, 0.1) is 12.7 Å². The summed E-state index contributed by atoms with van der Waals surface area (Å²) >= 11 is 5.74. The number of allylic oxidation sites excluding steroid dienone is 1. The molecule has 0 aliphatic carbocycles. The summed E-state index contributed by atoms with van der Waals surface area (Å²) in [5.74, 6) is 1.27. The Balaban J connectivity index is 1.62. The summed E-state index contributed by atoms with van der Waals surface area (Å²) in [4.78, 5) is 6.58. The van der Waals surface area contributed by atoms with Crippen molar-refractivity contribution in [2.75, 3.05) is 12.0 Å². The lowest BCUT2D eigenvalue weighted by molar-refractivity contribution is 0.404. The van der Waals surface area contributed by atoms with E-state index >= 15 is 0 Å². The number of nitrogens with one attached hydrogen (secondary N) is 1. The zero-order chi connectivity index (χ0) is 24.5. The van der Waals surface area contributed by atoms with E-state index in [-0.39, 0.29) is 11.9 Å². The molecule has 0 spiro atoms. The predicted octanol–water partition coefficient (Wildman–Crippen LogP) is 6.06. The van der Waals surface area contributed by atoms with Gasteiger partial charge in [0.15, 0.2) is 5.11 Å². The van der Waals surface area contributed by atoms with E-state index in [1.807, 2.05) is 43.0 Å². The highest BCUT2D eigenvalue weighted by Crippen LogP contribution is 2.39. The molecule has 1 atom stereocenters. The van der Waals surface area contributed by atoms with Crippen molar-refractivity contribution < 1.29 is 13.7 Å². The third-order valence-corrected chi connectivity index (χ3v) is 6.29. The number of hydrogen-bond acceptors (Lipinski definition) is 5. The molecule has 4 aromatic rings. The van der Waals surface area contributed by atoms with Crippen molar-refractivity contribution in [2.45, 2.75) is 19.9 Å². The summed E-state index contributed by atoms with van der Waals surface area (Å²) in [5, 5.41) is 8.15. The first-order valence-corrected chi connectivity index (χ1v) is 11.5. The van der Waals surface area contributed by atoms with Crippen LogP contribution in [-0.4, -0.2) is 22.4 Å². The highest BCUT2D eigenvalue weighted by molar-refractivity contribution is 7.80. The first kappa shape index (κ1) is 22.7. The van der Waals surface area contributed by atoms with Crippen molar-refractivity contribution in [1.29, 1.82) is 0 Å². The summed E-state index contributed by atoms with van der Waals surface area (Å²) in [6.07, 6.45) is 0. The van der Waals surface area contributed by atoms with Crippen LogP contribution in [-0.2, 0) is 0 Å². The lowest BCUT2D eigenvalue weighted by atomic mass is 9.94. The average Bonchev–Trinajstić information content (AvgIpc) is 3.35. The average molecular weight is 487 g/mol. The van der Waals surface area contributed by atoms with Gasteiger partial charge < -0.3 is 14.6 Å². The van der Waals surface area contributed by atoms with Gasteiger partial charge in [-0.3, -0.25) is 4.90 Å². The summed E-state index contributed by atoms with van der Waals surface area (Å²) in [5.41, 5.74) is 5.31. The number of ether oxygens (including phenoxy) is 1. The van der Waals surface area contributed by atoms with E-state index in [0.29, 0.717) is 16.8 Å². The number of aromatic nitrogens is 2. The second-order valence-corrected chi connectivity index (χ2v) is 8.64. The number of halogens is 1. The second-order valence-electron chi connectivity index (χ2n) is 8.26. The van der Waals surface area contributed by atoms with Gasteiger partial charge in [-0.25, -0.2) is 4.39 Å². The highest BCUT2D eigenvalue weighted by Gasteiger charge is 2.34. The smallest absolute Gasteiger partial charge is 0.258 e. The van der Waals surface area contributed by atoms with Gasteiger partial charge >= 0.3 is 0 Å². The van der Waals surface area contributed by atoms with Gasteiger partial charge in [0.2, 0.25) is 5.82 Å². The number of nitrogens with zero attached hydrogens (tertiary/aromatic N) is 3. The maximum atomic E-state index is 13.6. The van der Waals surface area contributed by atoms with Gasteiger partial charge in [-0.1, -0.05) is 35.0 Å². The largest absolute Gasteiger partial charge is 0.497 e. The van der Waals surface area contributed by atoms with Crippen molar-refractivity contribution in [3.05, 3.63) is 101 Å². The van der Waals surface area contributed by atoms with Crippen LogP contribution >= 0.6 is 12.2 Å². The van der Waals surface area contributed by atoms with Crippen LogP contribution in [0.1, 0.15) is 30.0 Å². The van der Waals surface area contributed by atoms with Crippen molar-refractivity contribution in [3.8, 4) is 17.1 Å². The molecule has 35 heavy (non-hydrogen) atoms. The molecule has 1 unspecified atom stereocenters. The van der Waals surface area contributed by atoms with Crippen LogP contribution in [0.2, 0.25) is 0 Å². The number of thiocarbonyl (C=S) groups is 1. The zero-order valence-electron chi connectivity index (χ0n) is 19.4. The molecule has 6 nitrogen and oxygen atoms in total. The Morgan fingerprint density at radius 2 is 1.66 bits per heavy atom. The van der Waals surface area contributed by atoms with E-state index in [1.54, 1.807) is 19.2 Å². The van der Waals surface area contributed by atoms with Gasteiger partial charge in [0, 0.05) is 16.9 Å². The second kappa shape index (κ2) is 9.31. The van der Waals surface area contributed by atoms with Gasteiger partial charge in [-0.2, -0.15) is 4.98 Å². The minimum Gasteiger partial charge on any atom is -0.497 e. The lowest BCUT2D eigenvalue weighted by Gasteiger charge is -2.37. The third-order valence-electron chi connectivity index (χ3n) is 5.98. The molecule has 0 saturated heterocycles. The Kier molecular flexibility index (Phi) is 6.05. The summed E-state index contributed by atoms with van der Waals surface area (Å²) in [7, 11) is 1.62. The van der Waals surface area contributed by atoms with Crippen LogP contribution < -0.4 is 15.0 Å². The van der Waals surface area contributed by atoms with E-state index in [9.17, 15) is 4.39 Å². The van der Waals surface area contributed by atoms with Crippen molar-refractivity contribution in [1.82, 2.24) is 15.5 Å². The number of anilines is 1. The monoisotopic (exact) mass is 486 g/mol. The normalized spacial score (nSPS) is 15.8. The molecule has 2 heterocycles. The van der Waals surface area contributed by atoms with Crippen LogP contribution in [0.4, 0.5) is 10.1 Å². The molecule has 1 aromatic heterocycles. The lowest BCUT2D eigenvalue weighted by Crippen LogP contribution is -2.46. The molecule has 0 saturated carbocycles. The van der Waals surface area contributed by atoms with Gasteiger partial charge in [0.1, 0.15) is 11.6 Å². The Morgan fingerprint density at radius 1 is 0.971 bits per heavy atom. The van der Waals surface area contributed by atoms with E-state index < -0.39 is 0 Å². The fraction of sp³-hybridized carbons (Fsp3) is 0.148. The molecule has 0 fully saturated rings. The van der Waals surface area contributed by atoms with Crippen LogP contribution in [0.25, 0.3) is 17.0 Å². The molecule has 176 valence electrons. The molecule has 1 aliphatic heterocycles. The van der Waals surface area contributed by atoms with Crippen molar-refractivity contribution >= 4 is 28.6 Å².